The Labute approximate surface area is 128 Å². The molecular formula is C15H12N2O4S. The lowest BCUT2D eigenvalue weighted by Crippen LogP contribution is -2.14. The molecule has 7 heteroatoms. The third-order valence-corrected chi connectivity index (χ3v) is 4.48. The van der Waals surface area contributed by atoms with Gasteiger partial charge in [0.05, 0.1) is 15.5 Å². The highest BCUT2D eigenvalue weighted by atomic mass is 32.2. The summed E-state index contributed by atoms with van der Waals surface area (Å²) in [7, 11) is -3.95. The van der Waals surface area contributed by atoms with Crippen LogP contribution in [-0.2, 0) is 10.0 Å². The first kappa shape index (κ1) is 15.5. The van der Waals surface area contributed by atoms with Crippen LogP contribution in [0.25, 0.3) is 0 Å². The van der Waals surface area contributed by atoms with Crippen molar-refractivity contribution in [1.29, 1.82) is 0 Å². The fourth-order valence-corrected chi connectivity index (χ4v) is 3.19. The molecule has 2 aromatic carbocycles. The number of terminal acetylenes is 1. The van der Waals surface area contributed by atoms with E-state index in [0.29, 0.717) is 16.8 Å². The SMILES string of the molecule is C#Cc1cccc(NS(=O)(=O)c2cc([N+](=O)[O-])ccc2C)c1. The largest absolute Gasteiger partial charge is 0.280 e. The summed E-state index contributed by atoms with van der Waals surface area (Å²) in [5, 5.41) is 10.8. The lowest BCUT2D eigenvalue weighted by atomic mass is 10.2. The van der Waals surface area contributed by atoms with E-state index in [0.717, 1.165) is 6.07 Å². The van der Waals surface area contributed by atoms with Gasteiger partial charge in [-0.05, 0) is 30.7 Å². The van der Waals surface area contributed by atoms with Gasteiger partial charge in [-0.1, -0.05) is 18.1 Å². The maximum Gasteiger partial charge on any atom is 0.270 e. The number of nitrogens with zero attached hydrogens (tertiary/aromatic N) is 1. The molecular weight excluding hydrogens is 304 g/mol. The van der Waals surface area contributed by atoms with E-state index in [4.69, 9.17) is 6.42 Å². The third-order valence-electron chi connectivity index (χ3n) is 2.95. The van der Waals surface area contributed by atoms with Crippen molar-refractivity contribution in [3.63, 3.8) is 0 Å². The number of benzene rings is 2. The van der Waals surface area contributed by atoms with E-state index in [1.807, 2.05) is 0 Å². The van der Waals surface area contributed by atoms with Gasteiger partial charge in [0.2, 0.25) is 0 Å². The highest BCUT2D eigenvalue weighted by molar-refractivity contribution is 7.92. The number of nitro groups is 1. The van der Waals surface area contributed by atoms with Crippen LogP contribution in [-0.4, -0.2) is 13.3 Å². The maximum absolute atomic E-state index is 12.4. The molecule has 0 bridgehead atoms. The van der Waals surface area contributed by atoms with Crippen LogP contribution in [0.2, 0.25) is 0 Å². The van der Waals surface area contributed by atoms with Crippen LogP contribution in [0.5, 0.6) is 0 Å². The minimum absolute atomic E-state index is 0.146. The monoisotopic (exact) mass is 316 g/mol. The van der Waals surface area contributed by atoms with Crippen LogP contribution in [0.1, 0.15) is 11.1 Å². The summed E-state index contributed by atoms with van der Waals surface area (Å²) in [6, 6.07) is 10.0. The topological polar surface area (TPSA) is 89.3 Å². The number of hydrogen-bond acceptors (Lipinski definition) is 4. The van der Waals surface area contributed by atoms with Crippen molar-refractivity contribution < 1.29 is 13.3 Å². The first-order valence-corrected chi connectivity index (χ1v) is 7.66. The number of nitrogens with one attached hydrogen (secondary N) is 1. The average molecular weight is 316 g/mol. The van der Waals surface area contributed by atoms with Crippen LogP contribution in [0.3, 0.4) is 0 Å². The van der Waals surface area contributed by atoms with Crippen molar-refractivity contribution in [2.75, 3.05) is 4.72 Å². The number of non-ortho nitro benzene ring substituents is 1. The molecule has 0 radical (unpaired) electrons. The smallest absolute Gasteiger partial charge is 0.270 e. The molecule has 0 atom stereocenters. The van der Waals surface area contributed by atoms with Crippen LogP contribution in [0, 0.1) is 29.4 Å². The van der Waals surface area contributed by atoms with Crippen molar-refractivity contribution in [3.8, 4) is 12.3 Å². The fourth-order valence-electron chi connectivity index (χ4n) is 1.87. The van der Waals surface area contributed by atoms with Crippen molar-refractivity contribution in [3.05, 3.63) is 63.7 Å². The van der Waals surface area contributed by atoms with Crippen LogP contribution < -0.4 is 4.72 Å². The fraction of sp³-hybridized carbons (Fsp3) is 0.0667. The Morgan fingerprint density at radius 2 is 1.95 bits per heavy atom. The summed E-state index contributed by atoms with van der Waals surface area (Å²) in [6.45, 7) is 1.57. The zero-order valence-corrected chi connectivity index (χ0v) is 12.4. The lowest BCUT2D eigenvalue weighted by Gasteiger charge is -2.10. The molecule has 0 aliphatic heterocycles. The highest BCUT2D eigenvalue weighted by Crippen LogP contribution is 2.24. The van der Waals surface area contributed by atoms with Gasteiger partial charge in [0.15, 0.2) is 0 Å². The van der Waals surface area contributed by atoms with E-state index in [1.54, 1.807) is 25.1 Å². The van der Waals surface area contributed by atoms with Gasteiger partial charge in [-0.3, -0.25) is 14.8 Å². The van der Waals surface area contributed by atoms with Crippen molar-refractivity contribution in [2.24, 2.45) is 0 Å². The minimum atomic E-state index is -3.95. The molecule has 0 amide bonds. The van der Waals surface area contributed by atoms with Crippen LogP contribution in [0.4, 0.5) is 11.4 Å². The molecule has 0 saturated carbocycles. The van der Waals surface area contributed by atoms with E-state index in [-0.39, 0.29) is 10.6 Å². The molecule has 22 heavy (non-hydrogen) atoms. The summed E-state index contributed by atoms with van der Waals surface area (Å²) < 4.78 is 27.2. The summed E-state index contributed by atoms with van der Waals surface area (Å²) in [5.74, 6) is 2.40. The number of nitro benzene ring substituents is 1. The van der Waals surface area contributed by atoms with Crippen LogP contribution in [0.15, 0.2) is 47.4 Å². The Bertz CT molecular complexity index is 883. The molecule has 0 aromatic heterocycles. The Morgan fingerprint density at radius 3 is 2.59 bits per heavy atom. The zero-order valence-electron chi connectivity index (χ0n) is 11.6. The summed E-state index contributed by atoms with van der Waals surface area (Å²) in [5.41, 5.74) is 0.937. The molecule has 0 aliphatic carbocycles. The second kappa shape index (κ2) is 5.87. The summed E-state index contributed by atoms with van der Waals surface area (Å²) in [4.78, 5) is 10.0. The average Bonchev–Trinajstić information content (AvgIpc) is 2.47. The van der Waals surface area contributed by atoms with E-state index < -0.39 is 14.9 Å². The molecule has 0 unspecified atom stereocenters. The van der Waals surface area contributed by atoms with Gasteiger partial charge in [0, 0.05) is 17.7 Å². The highest BCUT2D eigenvalue weighted by Gasteiger charge is 2.20. The predicted octanol–water partition coefficient (Wildman–Crippen LogP) is 2.69. The first-order valence-electron chi connectivity index (χ1n) is 6.18. The normalized spacial score (nSPS) is 10.7. The Morgan fingerprint density at radius 1 is 1.23 bits per heavy atom. The number of sulfonamides is 1. The molecule has 0 heterocycles. The van der Waals surface area contributed by atoms with Gasteiger partial charge < -0.3 is 0 Å². The van der Waals surface area contributed by atoms with E-state index >= 15 is 0 Å². The van der Waals surface area contributed by atoms with Crippen LogP contribution >= 0.6 is 0 Å². The Hall–Kier alpha value is -2.85. The zero-order chi connectivity index (χ0) is 16.3. The number of aryl methyl sites for hydroxylation is 1. The molecule has 112 valence electrons. The van der Waals surface area contributed by atoms with Crippen molar-refractivity contribution >= 4 is 21.4 Å². The first-order chi connectivity index (χ1) is 10.3. The van der Waals surface area contributed by atoms with E-state index in [2.05, 4.69) is 10.6 Å². The molecule has 0 saturated heterocycles. The Kier molecular flexibility index (Phi) is 4.15. The quantitative estimate of drug-likeness (QED) is 0.533. The molecule has 1 N–H and O–H groups in total. The minimum Gasteiger partial charge on any atom is -0.280 e. The van der Waals surface area contributed by atoms with E-state index in [1.165, 1.54) is 18.2 Å². The maximum atomic E-state index is 12.4. The molecule has 0 aliphatic rings. The van der Waals surface area contributed by atoms with E-state index in [9.17, 15) is 18.5 Å². The second-order valence-electron chi connectivity index (χ2n) is 4.54. The molecule has 0 fully saturated rings. The van der Waals surface area contributed by atoms with Gasteiger partial charge >= 0.3 is 0 Å². The molecule has 6 nitrogen and oxygen atoms in total. The summed E-state index contributed by atoms with van der Waals surface area (Å²) >= 11 is 0. The standard InChI is InChI=1S/C15H12N2O4S/c1-3-12-5-4-6-13(9-12)16-22(20,21)15-10-14(17(18)19)8-7-11(15)2/h1,4-10,16H,2H3. The molecule has 2 rings (SSSR count). The second-order valence-corrected chi connectivity index (χ2v) is 6.19. The van der Waals surface area contributed by atoms with Gasteiger partial charge in [0.1, 0.15) is 0 Å². The number of hydrogen-bond donors (Lipinski definition) is 1. The summed E-state index contributed by atoms with van der Waals surface area (Å²) in [6.07, 6.45) is 5.27. The van der Waals surface area contributed by atoms with Gasteiger partial charge in [-0.15, -0.1) is 6.42 Å². The molecule has 2 aromatic rings. The Balaban J connectivity index is 2.44. The predicted molar refractivity (Wildman–Crippen MR) is 83.0 cm³/mol. The van der Waals surface area contributed by atoms with Gasteiger partial charge in [0.25, 0.3) is 15.7 Å². The van der Waals surface area contributed by atoms with Gasteiger partial charge in [-0.2, -0.15) is 0 Å². The van der Waals surface area contributed by atoms with Gasteiger partial charge in [-0.25, -0.2) is 8.42 Å². The number of anilines is 1. The van der Waals surface area contributed by atoms with Crippen molar-refractivity contribution in [1.82, 2.24) is 0 Å². The lowest BCUT2D eigenvalue weighted by molar-refractivity contribution is -0.385. The molecule has 0 spiro atoms. The third kappa shape index (κ3) is 3.24. The number of rotatable bonds is 4. The van der Waals surface area contributed by atoms with Crippen molar-refractivity contribution in [2.45, 2.75) is 11.8 Å².